The number of carbonyl (C=O) groups excluding carboxylic acids is 1. The number of anilines is 1. The smallest absolute Gasteiger partial charge is 0.244 e. The van der Waals surface area contributed by atoms with Crippen LogP contribution in [0.5, 0.6) is 0 Å². The van der Waals surface area contributed by atoms with Crippen molar-refractivity contribution >= 4 is 22.6 Å². The van der Waals surface area contributed by atoms with Crippen molar-refractivity contribution in [1.29, 1.82) is 0 Å². The second kappa shape index (κ2) is 6.49. The number of benzene rings is 1. The molecule has 140 valence electrons. The number of aryl methyl sites for hydroxylation is 1. The van der Waals surface area contributed by atoms with Gasteiger partial charge in [-0.25, -0.2) is 4.98 Å². The highest BCUT2D eigenvalue weighted by atomic mass is 16.2. The molecule has 0 spiro atoms. The molecule has 1 atom stereocenters. The van der Waals surface area contributed by atoms with Crippen molar-refractivity contribution < 1.29 is 4.79 Å². The number of H-pyrrole nitrogens is 1. The summed E-state index contributed by atoms with van der Waals surface area (Å²) in [6, 6.07) is 8.18. The maximum atomic E-state index is 12.9. The SMILES string of the molecule is Cn1cc(N2CC[C@H](N3CCC(c4nc5ccccc5[nH]4)CC3)C2=O)cn1. The molecule has 0 radical (unpaired) electrons. The van der Waals surface area contributed by atoms with Crippen molar-refractivity contribution in [2.45, 2.75) is 31.2 Å². The van der Waals surface area contributed by atoms with Crippen LogP contribution in [0.3, 0.4) is 0 Å². The van der Waals surface area contributed by atoms with E-state index in [0.29, 0.717) is 5.92 Å². The van der Waals surface area contributed by atoms with Crippen LogP contribution in [0, 0.1) is 0 Å². The fourth-order valence-electron chi connectivity index (χ4n) is 4.46. The van der Waals surface area contributed by atoms with Gasteiger partial charge in [0.25, 0.3) is 0 Å². The topological polar surface area (TPSA) is 70.1 Å². The molecule has 5 rings (SSSR count). The standard InChI is InChI=1S/C20H24N6O/c1-24-13-15(12-21-24)26-11-8-18(20(26)27)25-9-6-14(7-10-25)19-22-16-4-2-3-5-17(16)23-19/h2-5,12-14,18H,6-11H2,1H3,(H,22,23)/t18-/m0/s1. The van der Waals surface area contributed by atoms with Gasteiger partial charge in [0, 0.05) is 25.7 Å². The van der Waals surface area contributed by atoms with Crippen LogP contribution in [0.1, 0.15) is 31.0 Å². The molecule has 2 aliphatic rings. The molecule has 7 nitrogen and oxygen atoms in total. The third kappa shape index (κ3) is 2.92. The van der Waals surface area contributed by atoms with E-state index >= 15 is 0 Å². The summed E-state index contributed by atoms with van der Waals surface area (Å²) >= 11 is 0. The van der Waals surface area contributed by atoms with Gasteiger partial charge in [0.2, 0.25) is 5.91 Å². The Morgan fingerprint density at radius 2 is 1.93 bits per heavy atom. The zero-order valence-corrected chi connectivity index (χ0v) is 15.5. The highest BCUT2D eigenvalue weighted by molar-refractivity contribution is 5.99. The number of carbonyl (C=O) groups is 1. The molecule has 2 aliphatic heterocycles. The number of imidazole rings is 1. The first kappa shape index (κ1) is 16.5. The van der Waals surface area contributed by atoms with E-state index in [0.717, 1.165) is 61.4 Å². The van der Waals surface area contributed by atoms with Gasteiger partial charge in [-0.3, -0.25) is 14.4 Å². The second-order valence-corrected chi connectivity index (χ2v) is 7.62. The second-order valence-electron chi connectivity index (χ2n) is 7.62. The minimum absolute atomic E-state index is 0.00169. The van der Waals surface area contributed by atoms with Crippen LogP contribution in [0.15, 0.2) is 36.7 Å². The van der Waals surface area contributed by atoms with Crippen LogP contribution in [-0.2, 0) is 11.8 Å². The third-order valence-electron chi connectivity index (χ3n) is 5.94. The Hall–Kier alpha value is -2.67. The lowest BCUT2D eigenvalue weighted by molar-refractivity contribution is -0.122. The number of likely N-dealkylation sites (tertiary alicyclic amines) is 1. The summed E-state index contributed by atoms with van der Waals surface area (Å²) < 4.78 is 1.74. The maximum absolute atomic E-state index is 12.9. The summed E-state index contributed by atoms with van der Waals surface area (Å²) in [5.41, 5.74) is 3.04. The number of aromatic nitrogens is 4. The minimum atomic E-state index is 0.00169. The molecule has 0 bridgehead atoms. The number of amides is 1. The summed E-state index contributed by atoms with van der Waals surface area (Å²) in [7, 11) is 1.88. The van der Waals surface area contributed by atoms with Crippen molar-refractivity contribution in [3.05, 3.63) is 42.5 Å². The fraction of sp³-hybridized carbons (Fsp3) is 0.450. The molecule has 0 aliphatic carbocycles. The number of rotatable bonds is 3. The molecule has 2 aromatic heterocycles. The Morgan fingerprint density at radius 3 is 2.67 bits per heavy atom. The summed E-state index contributed by atoms with van der Waals surface area (Å²) in [5.74, 6) is 1.75. The zero-order chi connectivity index (χ0) is 18.4. The van der Waals surface area contributed by atoms with Gasteiger partial charge in [-0.1, -0.05) is 12.1 Å². The van der Waals surface area contributed by atoms with Gasteiger partial charge in [-0.2, -0.15) is 5.10 Å². The van der Waals surface area contributed by atoms with Gasteiger partial charge in [0.05, 0.1) is 29.0 Å². The van der Waals surface area contributed by atoms with Gasteiger partial charge in [0.15, 0.2) is 0 Å². The van der Waals surface area contributed by atoms with E-state index in [1.807, 2.05) is 30.3 Å². The Morgan fingerprint density at radius 1 is 1.11 bits per heavy atom. The van der Waals surface area contributed by atoms with Gasteiger partial charge >= 0.3 is 0 Å². The molecular formula is C20H24N6O. The summed E-state index contributed by atoms with van der Waals surface area (Å²) in [5, 5.41) is 4.19. The largest absolute Gasteiger partial charge is 0.342 e. The van der Waals surface area contributed by atoms with Crippen LogP contribution in [-0.4, -0.2) is 56.2 Å². The summed E-state index contributed by atoms with van der Waals surface area (Å²) in [6.07, 6.45) is 6.65. The molecule has 4 heterocycles. The van der Waals surface area contributed by atoms with Crippen LogP contribution in [0.25, 0.3) is 11.0 Å². The van der Waals surface area contributed by atoms with Crippen molar-refractivity contribution in [3.8, 4) is 0 Å². The molecule has 1 aromatic carbocycles. The first-order valence-corrected chi connectivity index (χ1v) is 9.68. The van der Waals surface area contributed by atoms with E-state index in [4.69, 9.17) is 4.98 Å². The molecular weight excluding hydrogens is 340 g/mol. The summed E-state index contributed by atoms with van der Waals surface area (Å²) in [6.45, 7) is 2.66. The first-order chi connectivity index (χ1) is 13.2. The zero-order valence-electron chi connectivity index (χ0n) is 15.5. The number of piperidine rings is 1. The number of aromatic amines is 1. The quantitative estimate of drug-likeness (QED) is 0.774. The lowest BCUT2D eigenvalue weighted by Gasteiger charge is -2.34. The van der Waals surface area contributed by atoms with E-state index in [2.05, 4.69) is 27.1 Å². The normalized spacial score (nSPS) is 22.2. The van der Waals surface area contributed by atoms with Gasteiger partial charge in [0.1, 0.15) is 5.82 Å². The molecule has 2 saturated heterocycles. The number of nitrogens with one attached hydrogen (secondary N) is 1. The number of nitrogens with zero attached hydrogens (tertiary/aromatic N) is 5. The highest BCUT2D eigenvalue weighted by Gasteiger charge is 2.38. The molecule has 27 heavy (non-hydrogen) atoms. The number of fused-ring (bicyclic) bond motifs is 1. The summed E-state index contributed by atoms with van der Waals surface area (Å²) in [4.78, 5) is 25.4. The minimum Gasteiger partial charge on any atom is -0.342 e. The number of para-hydroxylation sites is 2. The van der Waals surface area contributed by atoms with E-state index in [9.17, 15) is 4.79 Å². The highest BCUT2D eigenvalue weighted by Crippen LogP contribution is 2.31. The average Bonchev–Trinajstić information content (AvgIpc) is 3.39. The monoisotopic (exact) mass is 364 g/mol. The van der Waals surface area contributed by atoms with Gasteiger partial charge < -0.3 is 9.88 Å². The predicted octanol–water partition coefficient (Wildman–Crippen LogP) is 2.28. The predicted molar refractivity (Wildman–Crippen MR) is 104 cm³/mol. The lowest BCUT2D eigenvalue weighted by Crippen LogP contribution is -2.45. The Kier molecular flexibility index (Phi) is 3.97. The molecule has 3 aromatic rings. The van der Waals surface area contributed by atoms with Crippen molar-refractivity contribution in [2.24, 2.45) is 7.05 Å². The Labute approximate surface area is 158 Å². The molecule has 0 saturated carbocycles. The molecule has 2 fully saturated rings. The molecule has 1 amide bonds. The maximum Gasteiger partial charge on any atom is 0.244 e. The van der Waals surface area contributed by atoms with E-state index in [-0.39, 0.29) is 11.9 Å². The van der Waals surface area contributed by atoms with Crippen molar-refractivity contribution in [2.75, 3.05) is 24.5 Å². The Balaban J connectivity index is 1.24. The number of hydrogen-bond acceptors (Lipinski definition) is 4. The van der Waals surface area contributed by atoms with Crippen LogP contribution < -0.4 is 4.90 Å². The van der Waals surface area contributed by atoms with E-state index in [1.165, 1.54) is 0 Å². The molecule has 0 unspecified atom stereocenters. The van der Waals surface area contributed by atoms with Crippen molar-refractivity contribution in [3.63, 3.8) is 0 Å². The van der Waals surface area contributed by atoms with Crippen LogP contribution in [0.4, 0.5) is 5.69 Å². The van der Waals surface area contributed by atoms with E-state index < -0.39 is 0 Å². The third-order valence-corrected chi connectivity index (χ3v) is 5.94. The van der Waals surface area contributed by atoms with E-state index in [1.54, 1.807) is 10.9 Å². The van der Waals surface area contributed by atoms with Crippen LogP contribution in [0.2, 0.25) is 0 Å². The molecule has 1 N–H and O–H groups in total. The lowest BCUT2D eigenvalue weighted by atomic mass is 9.95. The van der Waals surface area contributed by atoms with Gasteiger partial charge in [-0.15, -0.1) is 0 Å². The van der Waals surface area contributed by atoms with Gasteiger partial charge in [-0.05, 0) is 44.5 Å². The van der Waals surface area contributed by atoms with Crippen molar-refractivity contribution in [1.82, 2.24) is 24.6 Å². The first-order valence-electron chi connectivity index (χ1n) is 9.68. The van der Waals surface area contributed by atoms with Crippen LogP contribution >= 0.6 is 0 Å². The number of hydrogen-bond donors (Lipinski definition) is 1. The Bertz CT molecular complexity index is 935. The molecule has 7 heteroatoms. The fourth-order valence-corrected chi connectivity index (χ4v) is 4.46. The average molecular weight is 364 g/mol.